The van der Waals surface area contributed by atoms with Crippen molar-refractivity contribution in [1.29, 1.82) is 0 Å². The standard InChI is InChI=1S/C28H32ClF2N6O2.C18H21N3O2.In.H2O/c1-15(2)16-8-10-37(11-9-16)27-32-13-20(29)25(35-27)33-18-6-7-21-19(12-18)22-23(26(38)36(21)3)39-14-28(30,31)24(34-22)17-4-5-17;1-4-11(5-2)12-6-7-13-15(10-12)21(3)20-17(13)14-8-9-16(22)19-18(14)23;;/h6-7,12-13,16-17,24,34H,4-5,8-11,14H2,1-3H3,(H,32,33,35);6-7,10-11,14H,1-2,4-5,8-9H2,3H3,(H,19,22,23);;1H2/t24-;;;/m0.../s1. The minimum Gasteiger partial charge on any atom is -0.412 e. The van der Waals surface area contributed by atoms with Gasteiger partial charge in [-0.1, -0.05) is 0 Å². The molecule has 5 aromatic rings. The largest absolute Gasteiger partial charge is 0.412 e. The van der Waals surface area contributed by atoms with Crippen LogP contribution in [0.15, 0.2) is 47.4 Å². The van der Waals surface area contributed by atoms with E-state index < -0.39 is 51.5 Å². The maximum absolute atomic E-state index is 15.2. The number of ether oxygens (including phenoxy) is 1. The number of carbonyl (C=O) groups is 2. The second kappa shape index (κ2) is 17.1. The van der Waals surface area contributed by atoms with E-state index in [0.717, 1.165) is 42.5 Å². The average Bonchev–Trinajstić information content (AvgIpc) is 4.08. The third-order valence-electron chi connectivity index (χ3n) is 15.2. The van der Waals surface area contributed by atoms with Gasteiger partial charge >= 0.3 is 285 Å². The Morgan fingerprint density at radius 3 is 2.42 bits per heavy atom. The zero-order chi connectivity index (χ0) is 43.9. The van der Waals surface area contributed by atoms with Crippen molar-refractivity contribution in [2.24, 2.45) is 25.9 Å². The van der Waals surface area contributed by atoms with Gasteiger partial charge in [0, 0.05) is 7.05 Å². The summed E-state index contributed by atoms with van der Waals surface area (Å²) in [5.74, 6) is -2.05. The average molecular weight is 1000 g/mol. The maximum Gasteiger partial charge on any atom is -0.412 e. The predicted octanol–water partition coefficient (Wildman–Crippen LogP) is 7.59. The number of nitrogens with zero attached hydrogens (tertiary/aromatic N) is 6. The third kappa shape index (κ3) is 8.11. The number of pyridine rings is 1. The molecule has 10 rings (SSSR count). The van der Waals surface area contributed by atoms with E-state index in [1.165, 1.54) is 31.3 Å². The van der Waals surface area contributed by atoms with Crippen molar-refractivity contribution < 1.29 is 28.6 Å². The quantitative estimate of drug-likeness (QED) is 0.131. The van der Waals surface area contributed by atoms with E-state index in [1.807, 2.05) is 23.9 Å². The van der Waals surface area contributed by atoms with Crippen molar-refractivity contribution in [3.8, 4) is 5.75 Å². The van der Waals surface area contributed by atoms with Crippen molar-refractivity contribution in [3.05, 3.63) is 69.2 Å². The Hall–Kier alpha value is -4.48. The van der Waals surface area contributed by atoms with E-state index >= 15 is 8.78 Å². The molecule has 0 bridgehead atoms. The number of anilines is 4. The number of benzene rings is 2. The van der Waals surface area contributed by atoms with E-state index in [2.05, 4.69) is 57.9 Å². The molecule has 3 aromatic heterocycles. The zero-order valence-electron chi connectivity index (χ0n) is 36.6. The van der Waals surface area contributed by atoms with Gasteiger partial charge in [0.1, 0.15) is 0 Å². The number of nitrogens with one attached hydrogen (secondary N) is 3. The molecule has 4 fully saturated rings. The summed E-state index contributed by atoms with van der Waals surface area (Å²) >= 11 is 4.72. The fourth-order valence-electron chi connectivity index (χ4n) is 11.1. The van der Waals surface area contributed by atoms with Gasteiger partial charge < -0.3 is 20.1 Å². The van der Waals surface area contributed by atoms with Gasteiger partial charge in [-0.15, -0.1) is 0 Å². The Bertz CT molecular complexity index is 2710. The van der Waals surface area contributed by atoms with E-state index in [9.17, 15) is 14.4 Å². The molecule has 64 heavy (non-hydrogen) atoms. The molecule has 338 valence electrons. The minimum absolute atomic E-state index is 0. The smallest absolute Gasteiger partial charge is 0.412 e. The van der Waals surface area contributed by atoms with Crippen molar-refractivity contribution in [3.63, 3.8) is 0 Å². The van der Waals surface area contributed by atoms with Crippen LogP contribution in [0.3, 0.4) is 0 Å². The van der Waals surface area contributed by atoms with Crippen LogP contribution in [0.4, 0.5) is 31.9 Å². The fourth-order valence-corrected chi connectivity index (χ4v) is 23.8. The number of fused-ring (bicyclic) bond motifs is 4. The number of piperidine rings is 2. The summed E-state index contributed by atoms with van der Waals surface area (Å²) in [6.07, 6.45) is 8.46. The zero-order valence-corrected chi connectivity index (χ0v) is 40.7. The number of hydrogen-bond donors (Lipinski definition) is 3. The van der Waals surface area contributed by atoms with Gasteiger partial charge in [0.2, 0.25) is 5.75 Å². The first-order valence-corrected chi connectivity index (χ1v) is 29.1. The summed E-state index contributed by atoms with van der Waals surface area (Å²) in [4.78, 5) is 49.5. The third-order valence-corrected chi connectivity index (χ3v) is 28.7. The second-order valence-corrected chi connectivity index (χ2v) is 31.1. The fraction of sp³-hybridized carbons (Fsp3) is 0.522. The number of aromatic nitrogens is 5. The van der Waals surface area contributed by atoms with E-state index in [0.29, 0.717) is 74.1 Å². The summed E-state index contributed by atoms with van der Waals surface area (Å²) in [5.41, 5.74) is 4.20. The van der Waals surface area contributed by atoms with Gasteiger partial charge in [-0.05, 0) is 18.8 Å². The van der Waals surface area contributed by atoms with Crippen LogP contribution >= 0.6 is 11.6 Å². The van der Waals surface area contributed by atoms with E-state index in [4.69, 9.17) is 26.4 Å². The number of amides is 2. The number of imide groups is 1. The maximum atomic E-state index is 15.2. The summed E-state index contributed by atoms with van der Waals surface area (Å²) in [7, 11) is 3.56. The van der Waals surface area contributed by atoms with Gasteiger partial charge in [-0.3, -0.25) is 9.59 Å². The van der Waals surface area contributed by atoms with Gasteiger partial charge in [0.15, 0.2) is 6.61 Å². The first kappa shape index (κ1) is 44.7. The van der Waals surface area contributed by atoms with Crippen LogP contribution in [0.1, 0.15) is 88.3 Å². The van der Waals surface area contributed by atoms with Crippen LogP contribution in [-0.2, 0) is 23.7 Å². The van der Waals surface area contributed by atoms with Crippen LogP contribution in [0, 0.1) is 11.8 Å². The molecule has 14 nitrogen and oxygen atoms in total. The van der Waals surface area contributed by atoms with Crippen molar-refractivity contribution >= 4 is 89.8 Å². The van der Waals surface area contributed by atoms with Gasteiger partial charge in [-0.2, -0.15) is 0 Å². The van der Waals surface area contributed by atoms with Crippen molar-refractivity contribution in [2.75, 3.05) is 35.2 Å². The summed E-state index contributed by atoms with van der Waals surface area (Å²) in [5, 5.41) is 15.6. The molecule has 1 unspecified atom stereocenters. The Kier molecular flexibility index (Phi) is 11.9. The molecule has 4 aliphatic heterocycles. The van der Waals surface area contributed by atoms with Crippen LogP contribution < -0.4 is 31.1 Å². The molecule has 0 radical (unpaired) electrons. The first-order valence-electron chi connectivity index (χ1n) is 22.4. The number of alkyl halides is 2. The first-order chi connectivity index (χ1) is 30.2. The number of aryl methyl sites for hydroxylation is 2. The van der Waals surface area contributed by atoms with Crippen molar-refractivity contribution in [1.82, 2.24) is 29.6 Å². The van der Waals surface area contributed by atoms with Gasteiger partial charge in [0.25, 0.3) is 5.56 Å². The number of rotatable bonds is 8. The molecular weight excluding hydrogens is 947 g/mol. The SMILES string of the molecule is Cn1nc(C2CCC(=O)NC2=O)c2ccc(C3C[CH2][In]([C](C)(C)C4CCN(c5ncc(Cl)c(Nc6ccc7c(c6)c6c(c(=O)n7C)OCC(F)(F)[C@H](C7CC7)N6)n5)CC4)[CH2]C3)cc21.O. The Morgan fingerprint density at radius 2 is 1.70 bits per heavy atom. The summed E-state index contributed by atoms with van der Waals surface area (Å²) in [6.45, 7) is 5.96. The van der Waals surface area contributed by atoms with Gasteiger partial charge in [0.05, 0.1) is 17.2 Å². The molecule has 2 atom stereocenters. The molecule has 0 spiro atoms. The number of carbonyl (C=O) groups excluding carboxylic acids is 2. The molecule has 1 aliphatic carbocycles. The Morgan fingerprint density at radius 1 is 0.953 bits per heavy atom. The molecule has 18 heteroatoms. The molecule has 3 saturated heterocycles. The van der Waals surface area contributed by atoms with Crippen LogP contribution in [0.25, 0.3) is 21.8 Å². The van der Waals surface area contributed by atoms with Gasteiger partial charge in [-0.25, -0.2) is 8.78 Å². The van der Waals surface area contributed by atoms with Crippen LogP contribution in [0.5, 0.6) is 5.75 Å². The molecule has 5 aliphatic rings. The monoisotopic (exact) mass is 1000 g/mol. The molecule has 2 amide bonds. The summed E-state index contributed by atoms with van der Waals surface area (Å²) in [6, 6.07) is 11.0. The van der Waals surface area contributed by atoms with Crippen molar-refractivity contribution in [2.45, 2.75) is 101 Å². The Labute approximate surface area is 382 Å². The predicted molar refractivity (Wildman–Crippen MR) is 246 cm³/mol. The van der Waals surface area contributed by atoms with E-state index in [-0.39, 0.29) is 34.6 Å². The molecule has 1 saturated carbocycles. The molecular formula is C46H55ClF2InN9O5. The summed E-state index contributed by atoms with van der Waals surface area (Å²) < 4.78 is 42.4. The molecule has 2 aromatic carbocycles. The minimum atomic E-state index is -3.13. The second-order valence-electron chi connectivity index (χ2n) is 19.2. The topological polar surface area (TPSA) is 180 Å². The normalized spacial score (nSPS) is 22.0. The number of hydrogen-bond acceptors (Lipinski definition) is 10. The number of halogens is 3. The Balaban J connectivity index is 0.00000518. The van der Waals surface area contributed by atoms with Crippen LogP contribution in [-0.4, -0.2) is 94.7 Å². The van der Waals surface area contributed by atoms with E-state index in [1.54, 1.807) is 19.3 Å². The van der Waals surface area contributed by atoms with Crippen LogP contribution in [0.2, 0.25) is 16.5 Å². The molecule has 5 N–H and O–H groups in total. The molecule has 7 heterocycles.